The Morgan fingerprint density at radius 3 is 2.62 bits per heavy atom. The molecule has 0 spiro atoms. The molecule has 3 rings (SSSR count). The van der Waals surface area contributed by atoms with Crippen LogP contribution < -0.4 is 5.32 Å². The van der Waals surface area contributed by atoms with E-state index >= 15 is 0 Å². The number of rotatable bonds is 7. The number of carbonyl (C=O) groups is 1. The van der Waals surface area contributed by atoms with E-state index in [-0.39, 0.29) is 24.0 Å². The second-order valence-electron chi connectivity index (χ2n) is 6.48. The molecule has 0 aromatic carbocycles. The summed E-state index contributed by atoms with van der Waals surface area (Å²) in [6, 6.07) is 0.536. The van der Waals surface area contributed by atoms with E-state index < -0.39 is 4.92 Å². The van der Waals surface area contributed by atoms with E-state index in [0.717, 1.165) is 38.4 Å². The van der Waals surface area contributed by atoms with Gasteiger partial charge in [-0.1, -0.05) is 0 Å². The van der Waals surface area contributed by atoms with Crippen LogP contribution in [-0.2, 0) is 11.3 Å². The van der Waals surface area contributed by atoms with Gasteiger partial charge < -0.3 is 10.2 Å². The quantitative estimate of drug-likeness (QED) is 0.591. The first kappa shape index (κ1) is 18.7. The minimum atomic E-state index is -0.481. The minimum Gasteiger partial charge on any atom is -0.343 e. The van der Waals surface area contributed by atoms with Gasteiger partial charge in [-0.15, -0.1) is 12.4 Å². The van der Waals surface area contributed by atoms with Crippen molar-refractivity contribution in [3.05, 3.63) is 22.5 Å². The molecule has 1 saturated heterocycles. The van der Waals surface area contributed by atoms with Crippen molar-refractivity contribution in [3.63, 3.8) is 0 Å². The Labute approximate surface area is 147 Å². The van der Waals surface area contributed by atoms with E-state index in [1.54, 1.807) is 0 Å². The predicted molar refractivity (Wildman–Crippen MR) is 91.1 cm³/mol. The van der Waals surface area contributed by atoms with Gasteiger partial charge >= 0.3 is 5.69 Å². The van der Waals surface area contributed by atoms with Gasteiger partial charge in [-0.2, -0.15) is 5.10 Å². The summed E-state index contributed by atoms with van der Waals surface area (Å²) in [7, 11) is 0. The monoisotopic (exact) mass is 357 g/mol. The lowest BCUT2D eigenvalue weighted by Crippen LogP contribution is -2.45. The van der Waals surface area contributed by atoms with Crippen LogP contribution in [0.2, 0.25) is 0 Å². The van der Waals surface area contributed by atoms with Gasteiger partial charge in [0, 0.05) is 32.1 Å². The average Bonchev–Trinajstić information content (AvgIpc) is 3.26. The fourth-order valence-corrected chi connectivity index (χ4v) is 2.93. The van der Waals surface area contributed by atoms with Crippen molar-refractivity contribution < 1.29 is 9.72 Å². The molecule has 1 amide bonds. The lowest BCUT2D eigenvalue weighted by molar-refractivity contribution is -0.385. The molecule has 0 unspecified atom stereocenters. The van der Waals surface area contributed by atoms with Crippen molar-refractivity contribution in [2.24, 2.45) is 5.92 Å². The molecular formula is C15H24ClN5O3. The first-order valence-corrected chi connectivity index (χ1v) is 8.30. The molecule has 9 heteroatoms. The highest BCUT2D eigenvalue weighted by molar-refractivity contribution is 5.85. The topological polar surface area (TPSA) is 93.3 Å². The van der Waals surface area contributed by atoms with Crippen LogP contribution in [0, 0.1) is 16.0 Å². The van der Waals surface area contributed by atoms with Crippen LogP contribution in [0.3, 0.4) is 0 Å². The number of nitrogens with zero attached hydrogens (tertiary/aromatic N) is 4. The second-order valence-corrected chi connectivity index (χ2v) is 6.48. The lowest BCUT2D eigenvalue weighted by atomic mass is 10.0. The third kappa shape index (κ3) is 5.17. The summed E-state index contributed by atoms with van der Waals surface area (Å²) < 4.78 is 1.46. The number of carbonyl (C=O) groups excluding carboxylic acids is 1. The Morgan fingerprint density at radius 2 is 2.04 bits per heavy atom. The van der Waals surface area contributed by atoms with Gasteiger partial charge in [-0.05, 0) is 38.1 Å². The van der Waals surface area contributed by atoms with Gasteiger partial charge in [-0.25, -0.2) is 0 Å². The molecule has 2 aliphatic rings. The standard InChI is InChI=1S/C15H23N5O3.ClH/c21-15(5-8-19-11-14(10-17-19)20(22)23)18-6-3-13(4-7-18)16-9-12-1-2-12;/h10-13,16H,1-9H2;1H. The van der Waals surface area contributed by atoms with Crippen LogP contribution in [-0.4, -0.2) is 51.2 Å². The fourth-order valence-electron chi connectivity index (χ4n) is 2.93. The molecule has 24 heavy (non-hydrogen) atoms. The van der Waals surface area contributed by atoms with E-state index in [1.165, 1.54) is 29.9 Å². The van der Waals surface area contributed by atoms with E-state index in [4.69, 9.17) is 0 Å². The molecule has 2 fully saturated rings. The third-order valence-corrected chi connectivity index (χ3v) is 4.62. The van der Waals surface area contributed by atoms with Crippen LogP contribution in [0.5, 0.6) is 0 Å². The summed E-state index contributed by atoms with van der Waals surface area (Å²) in [5.74, 6) is 0.983. The highest BCUT2D eigenvalue weighted by atomic mass is 35.5. The number of likely N-dealkylation sites (tertiary alicyclic amines) is 1. The van der Waals surface area contributed by atoms with Crippen molar-refractivity contribution in [2.45, 2.75) is 44.7 Å². The molecule has 1 N–H and O–H groups in total. The van der Waals surface area contributed by atoms with Gasteiger partial charge in [0.1, 0.15) is 12.4 Å². The summed E-state index contributed by atoms with van der Waals surface area (Å²) >= 11 is 0. The Morgan fingerprint density at radius 1 is 1.33 bits per heavy atom. The number of halogens is 1. The van der Waals surface area contributed by atoms with Crippen LogP contribution in [0.4, 0.5) is 5.69 Å². The van der Waals surface area contributed by atoms with Gasteiger partial charge in [0.2, 0.25) is 5.91 Å². The maximum Gasteiger partial charge on any atom is 0.306 e. The number of hydrogen-bond donors (Lipinski definition) is 1. The van der Waals surface area contributed by atoms with Crippen LogP contribution in [0.1, 0.15) is 32.1 Å². The van der Waals surface area contributed by atoms with E-state index in [2.05, 4.69) is 10.4 Å². The molecule has 0 bridgehead atoms. The van der Waals surface area contributed by atoms with E-state index in [0.29, 0.717) is 19.0 Å². The highest BCUT2D eigenvalue weighted by Gasteiger charge is 2.25. The molecule has 134 valence electrons. The Balaban J connectivity index is 0.00000208. The zero-order chi connectivity index (χ0) is 16.2. The minimum absolute atomic E-state index is 0. The third-order valence-electron chi connectivity index (χ3n) is 4.62. The summed E-state index contributed by atoms with van der Waals surface area (Å²) in [5, 5.41) is 18.1. The Kier molecular flexibility index (Phi) is 6.56. The van der Waals surface area contributed by atoms with Crippen LogP contribution in [0.25, 0.3) is 0 Å². The van der Waals surface area contributed by atoms with Gasteiger partial charge in [0.15, 0.2) is 0 Å². The van der Waals surface area contributed by atoms with Gasteiger partial charge in [0.25, 0.3) is 0 Å². The molecule has 1 aliphatic carbocycles. The molecule has 1 aliphatic heterocycles. The maximum atomic E-state index is 12.2. The van der Waals surface area contributed by atoms with Crippen molar-refractivity contribution >= 4 is 24.0 Å². The first-order valence-electron chi connectivity index (χ1n) is 8.30. The van der Waals surface area contributed by atoms with Crippen molar-refractivity contribution in [1.29, 1.82) is 0 Å². The van der Waals surface area contributed by atoms with Crippen molar-refractivity contribution in [1.82, 2.24) is 20.0 Å². The molecular weight excluding hydrogens is 334 g/mol. The van der Waals surface area contributed by atoms with Crippen molar-refractivity contribution in [3.8, 4) is 0 Å². The number of nitro groups is 1. The largest absolute Gasteiger partial charge is 0.343 e. The Bertz CT molecular complexity index is 567. The molecule has 1 aromatic heterocycles. The number of nitrogens with one attached hydrogen (secondary N) is 1. The number of aryl methyl sites for hydroxylation is 1. The Hall–Kier alpha value is -1.67. The molecule has 1 saturated carbocycles. The normalized spacial score (nSPS) is 18.2. The van der Waals surface area contributed by atoms with Crippen molar-refractivity contribution in [2.75, 3.05) is 19.6 Å². The van der Waals surface area contributed by atoms with E-state index in [1.807, 2.05) is 4.90 Å². The highest BCUT2D eigenvalue weighted by Crippen LogP contribution is 2.28. The summed E-state index contributed by atoms with van der Waals surface area (Å²) in [4.78, 5) is 24.2. The zero-order valence-corrected chi connectivity index (χ0v) is 14.4. The molecule has 0 atom stereocenters. The lowest BCUT2D eigenvalue weighted by Gasteiger charge is -2.32. The fraction of sp³-hybridized carbons (Fsp3) is 0.733. The number of aromatic nitrogens is 2. The number of hydrogen-bond acceptors (Lipinski definition) is 5. The average molecular weight is 358 g/mol. The van der Waals surface area contributed by atoms with Gasteiger partial charge in [0.05, 0.1) is 4.92 Å². The summed E-state index contributed by atoms with van der Waals surface area (Å²) in [5.41, 5.74) is -0.0417. The van der Waals surface area contributed by atoms with Crippen LogP contribution >= 0.6 is 12.4 Å². The predicted octanol–water partition coefficient (Wildman–Crippen LogP) is 1.59. The first-order chi connectivity index (χ1) is 11.1. The number of amides is 1. The molecule has 0 radical (unpaired) electrons. The molecule has 2 heterocycles. The number of piperidine rings is 1. The van der Waals surface area contributed by atoms with Gasteiger partial charge in [-0.3, -0.25) is 19.6 Å². The second kappa shape index (κ2) is 8.43. The van der Waals surface area contributed by atoms with E-state index in [9.17, 15) is 14.9 Å². The molecule has 1 aromatic rings. The summed E-state index contributed by atoms with van der Waals surface area (Å²) in [6.45, 7) is 3.09. The molecule has 8 nitrogen and oxygen atoms in total. The maximum absolute atomic E-state index is 12.2. The summed E-state index contributed by atoms with van der Waals surface area (Å²) in [6.07, 6.45) is 7.63. The smallest absolute Gasteiger partial charge is 0.306 e. The SMILES string of the molecule is Cl.O=C(CCn1cc([N+](=O)[O-])cn1)N1CCC(NCC2CC2)CC1. The van der Waals surface area contributed by atoms with Crippen LogP contribution in [0.15, 0.2) is 12.4 Å². The zero-order valence-electron chi connectivity index (χ0n) is 13.6.